The summed E-state index contributed by atoms with van der Waals surface area (Å²) in [5, 5.41) is 0. The maximum Gasteiger partial charge on any atom is 0.0451 e. The molecule has 0 aliphatic carbocycles. The molecule has 0 saturated carbocycles. The Bertz CT molecular complexity index is 736. The average molecular weight is 542 g/mol. The molecular weight excluding hydrogens is 506 g/mol. The van der Waals surface area contributed by atoms with Gasteiger partial charge in [0, 0.05) is 5.41 Å². The highest BCUT2D eigenvalue weighted by atomic mass is 127. The second kappa shape index (κ2) is 14.1. The molecule has 2 heteroatoms. The van der Waals surface area contributed by atoms with Gasteiger partial charge in [-0.15, -0.1) is 0 Å². The fourth-order valence-electron chi connectivity index (χ4n) is 4.74. The van der Waals surface area contributed by atoms with Crippen LogP contribution in [0.25, 0.3) is 0 Å². The lowest BCUT2D eigenvalue weighted by molar-refractivity contribution is 0.495. The van der Waals surface area contributed by atoms with E-state index in [0.717, 1.165) is 12.6 Å². The summed E-state index contributed by atoms with van der Waals surface area (Å²) in [4.78, 5) is 0. The van der Waals surface area contributed by atoms with Crippen molar-refractivity contribution < 1.29 is 0 Å². The second-order valence-corrected chi connectivity index (χ2v) is 11.5. The van der Waals surface area contributed by atoms with Gasteiger partial charge in [0.05, 0.1) is 0 Å². The van der Waals surface area contributed by atoms with Gasteiger partial charge in [-0.3, -0.25) is 0 Å². The van der Waals surface area contributed by atoms with Crippen molar-refractivity contribution in [3.63, 3.8) is 0 Å². The minimum atomic E-state index is -0.0794. The van der Waals surface area contributed by atoms with Crippen molar-refractivity contribution in [1.82, 2.24) is 0 Å². The van der Waals surface area contributed by atoms with E-state index in [4.69, 9.17) is 0 Å². The monoisotopic (exact) mass is 542 g/mol. The van der Waals surface area contributed by atoms with Gasteiger partial charge in [-0.2, -0.15) is 0 Å². The zero-order valence-electron chi connectivity index (χ0n) is 18.6. The highest BCUT2D eigenvalue weighted by Gasteiger charge is 2.35. The van der Waals surface area contributed by atoms with Gasteiger partial charge in [0.25, 0.3) is 0 Å². The number of hydrogen-bond acceptors (Lipinski definition) is 0. The van der Waals surface area contributed by atoms with Crippen molar-refractivity contribution >= 4 is 28.3 Å². The molecule has 0 aliphatic heterocycles. The van der Waals surface area contributed by atoms with E-state index in [9.17, 15) is 0 Å². The van der Waals surface area contributed by atoms with Crippen LogP contribution in [0, 0.1) is 0 Å². The number of rotatable bonds is 14. The lowest BCUT2D eigenvalue weighted by Gasteiger charge is -2.36. The molecule has 164 valence electrons. The zero-order chi connectivity index (χ0) is 21.6. The number of hydrogen-bond donors (Lipinski definition) is 0. The highest BCUT2D eigenvalue weighted by molar-refractivity contribution is 14.2. The summed E-state index contributed by atoms with van der Waals surface area (Å²) < 4.78 is 0. The van der Waals surface area contributed by atoms with E-state index in [2.05, 4.69) is 113 Å². The van der Waals surface area contributed by atoms with Gasteiger partial charge in [-0.05, 0) is 35.7 Å². The molecule has 3 rings (SSSR count). The zero-order valence-corrected chi connectivity index (χ0v) is 21.8. The molecule has 0 saturated heterocycles. The molecule has 3 aromatic rings. The average Bonchev–Trinajstić information content (AvgIpc) is 2.84. The molecule has 0 aromatic heterocycles. The molecule has 0 amide bonds. The van der Waals surface area contributed by atoms with E-state index in [-0.39, 0.29) is 5.41 Å². The Labute approximate surface area is 204 Å². The van der Waals surface area contributed by atoms with Gasteiger partial charge in [-0.25, -0.2) is 0 Å². The molecule has 0 radical (unpaired) electrons. The SMILES string of the molecule is IPCCCCCCCCCCC(c1ccccc1)(c1ccccc1)c1ccccc1. The maximum absolute atomic E-state index is 2.52. The van der Waals surface area contributed by atoms with Gasteiger partial charge in [0.2, 0.25) is 0 Å². The molecule has 0 heterocycles. The van der Waals surface area contributed by atoms with Crippen LogP contribution in [-0.4, -0.2) is 6.16 Å². The van der Waals surface area contributed by atoms with Crippen LogP contribution < -0.4 is 0 Å². The molecule has 0 nitrogen and oxygen atoms in total. The number of benzene rings is 3. The van der Waals surface area contributed by atoms with Crippen LogP contribution >= 0.6 is 28.3 Å². The van der Waals surface area contributed by atoms with Crippen molar-refractivity contribution in [2.75, 3.05) is 6.16 Å². The summed E-state index contributed by atoms with van der Waals surface area (Å²) >= 11 is 2.52. The quantitative estimate of drug-likeness (QED) is 0.0824. The smallest absolute Gasteiger partial charge is 0.0451 e. The Morgan fingerprint density at radius 3 is 1.23 bits per heavy atom. The molecule has 0 fully saturated rings. The molecule has 0 aliphatic rings. The first-order valence-corrected chi connectivity index (χ1v) is 16.2. The normalized spacial score (nSPS) is 11.9. The minimum Gasteiger partial charge on any atom is -0.0622 e. The predicted octanol–water partition coefficient (Wildman–Crippen LogP) is 9.56. The summed E-state index contributed by atoms with van der Waals surface area (Å²) in [5.41, 5.74) is 4.14. The highest BCUT2D eigenvalue weighted by Crippen LogP contribution is 2.43. The van der Waals surface area contributed by atoms with Crippen LogP contribution in [0.2, 0.25) is 0 Å². The van der Waals surface area contributed by atoms with Crippen LogP contribution in [0.4, 0.5) is 0 Å². The summed E-state index contributed by atoms with van der Waals surface area (Å²) in [7, 11) is 0. The van der Waals surface area contributed by atoms with Crippen LogP contribution in [0.1, 0.15) is 74.5 Å². The van der Waals surface area contributed by atoms with Crippen molar-refractivity contribution in [3.05, 3.63) is 108 Å². The molecule has 0 N–H and O–H groups in total. The van der Waals surface area contributed by atoms with E-state index in [1.165, 1.54) is 74.2 Å². The van der Waals surface area contributed by atoms with Crippen molar-refractivity contribution in [2.45, 2.75) is 63.2 Å². The number of unbranched alkanes of at least 4 members (excludes halogenated alkanes) is 7. The summed E-state index contributed by atoms with van der Waals surface area (Å²) in [6.07, 6.45) is 14.7. The fourth-order valence-corrected chi connectivity index (χ4v) is 6.27. The summed E-state index contributed by atoms with van der Waals surface area (Å²) in [6, 6.07) is 33.4. The Morgan fingerprint density at radius 1 is 0.484 bits per heavy atom. The molecule has 0 spiro atoms. The first-order valence-electron chi connectivity index (χ1n) is 11.9. The molecule has 0 bridgehead atoms. The minimum absolute atomic E-state index is 0.0794. The standard InChI is InChI=1S/C29H36IP/c30-31-25-17-6-4-2-1-3-5-16-24-29(26-18-10-7-11-19-26,27-20-12-8-13-21-27)28-22-14-9-15-23-28/h7-15,18-23,31H,1-6,16-17,24-25H2. The first kappa shape index (κ1) is 24.5. The predicted molar refractivity (Wildman–Crippen MR) is 148 cm³/mol. The van der Waals surface area contributed by atoms with Gasteiger partial charge in [-0.1, -0.05) is 164 Å². The first-order chi connectivity index (χ1) is 15.4. The third kappa shape index (κ3) is 7.16. The number of halogens is 1. The van der Waals surface area contributed by atoms with Crippen molar-refractivity contribution in [2.24, 2.45) is 0 Å². The Balaban J connectivity index is 1.70. The molecule has 3 aromatic carbocycles. The van der Waals surface area contributed by atoms with E-state index < -0.39 is 0 Å². The lowest BCUT2D eigenvalue weighted by atomic mass is 9.66. The van der Waals surface area contributed by atoms with Crippen LogP contribution in [0.5, 0.6) is 0 Å². The maximum atomic E-state index is 2.52. The van der Waals surface area contributed by atoms with Crippen LogP contribution in [0.3, 0.4) is 0 Å². The van der Waals surface area contributed by atoms with Crippen molar-refractivity contribution in [3.8, 4) is 0 Å². The van der Waals surface area contributed by atoms with Gasteiger partial charge in [0.1, 0.15) is 0 Å². The lowest BCUT2D eigenvalue weighted by Crippen LogP contribution is -2.29. The van der Waals surface area contributed by atoms with E-state index in [1.807, 2.05) is 0 Å². The van der Waals surface area contributed by atoms with E-state index in [1.54, 1.807) is 0 Å². The summed E-state index contributed by atoms with van der Waals surface area (Å²) in [6.45, 7) is 0. The van der Waals surface area contributed by atoms with Crippen molar-refractivity contribution in [1.29, 1.82) is 0 Å². The molecule has 1 unspecified atom stereocenters. The molecular formula is C29H36IP. The summed E-state index contributed by atoms with van der Waals surface area (Å²) in [5.74, 6) is 0. The topological polar surface area (TPSA) is 0 Å². The van der Waals surface area contributed by atoms with Gasteiger partial charge < -0.3 is 0 Å². The van der Waals surface area contributed by atoms with E-state index in [0.29, 0.717) is 0 Å². The van der Waals surface area contributed by atoms with Gasteiger partial charge in [0.15, 0.2) is 0 Å². The largest absolute Gasteiger partial charge is 0.0622 e. The molecule has 31 heavy (non-hydrogen) atoms. The van der Waals surface area contributed by atoms with E-state index >= 15 is 0 Å². The third-order valence-corrected chi connectivity index (χ3v) is 8.53. The van der Waals surface area contributed by atoms with Crippen LogP contribution in [-0.2, 0) is 5.41 Å². The Hall–Kier alpha value is -1.18. The fraction of sp³-hybridized carbons (Fsp3) is 0.379. The molecule has 1 atom stereocenters. The Morgan fingerprint density at radius 2 is 0.839 bits per heavy atom. The Kier molecular flexibility index (Phi) is 11.1. The second-order valence-electron chi connectivity index (χ2n) is 8.47. The third-order valence-electron chi connectivity index (χ3n) is 6.37. The van der Waals surface area contributed by atoms with Crippen LogP contribution in [0.15, 0.2) is 91.0 Å². The van der Waals surface area contributed by atoms with Gasteiger partial charge >= 0.3 is 0 Å².